The molecule has 1 aliphatic rings. The smallest absolute Gasteiger partial charge is 0.427 e. The van der Waals surface area contributed by atoms with Gasteiger partial charge in [0.05, 0.1) is 0 Å². The second-order valence-electron chi connectivity index (χ2n) is 6.43. The molecule has 5 nitrogen and oxygen atoms in total. The molecule has 2 rings (SSSR count). The first-order valence-corrected chi connectivity index (χ1v) is 7.35. The molecule has 1 saturated heterocycles. The fraction of sp³-hybridized carbons (Fsp3) is 0.562. The summed E-state index contributed by atoms with van der Waals surface area (Å²) in [5.41, 5.74) is 7.25. The number of carbonyl (C=O) groups excluding carboxylic acids is 1. The minimum atomic E-state index is -0.631. The van der Waals surface area contributed by atoms with Crippen LogP contribution in [0.1, 0.15) is 45.1 Å². The molecule has 0 aliphatic carbocycles. The lowest BCUT2D eigenvalue weighted by atomic mass is 9.90. The molecule has 1 heterocycles. The molecular weight excluding hydrogens is 268 g/mol. The van der Waals surface area contributed by atoms with E-state index in [-0.39, 0.29) is 0 Å². The monoisotopic (exact) mass is 292 g/mol. The highest BCUT2D eigenvalue weighted by molar-refractivity contribution is 5.60. The molecular formula is C16H24N2O3. The molecule has 1 aromatic rings. The van der Waals surface area contributed by atoms with Gasteiger partial charge in [0, 0.05) is 18.8 Å². The quantitative estimate of drug-likeness (QED) is 0.669. The number of rotatable bonds is 2. The van der Waals surface area contributed by atoms with Crippen LogP contribution in [0, 0.1) is 0 Å². The van der Waals surface area contributed by atoms with E-state index in [0.717, 1.165) is 18.5 Å². The zero-order valence-corrected chi connectivity index (χ0v) is 13.0. The van der Waals surface area contributed by atoms with E-state index < -0.39 is 11.8 Å². The minimum Gasteiger partial charge on any atom is -0.427 e. The number of ether oxygens (including phenoxy) is 1. The van der Waals surface area contributed by atoms with Crippen LogP contribution in [-0.4, -0.2) is 29.9 Å². The summed E-state index contributed by atoms with van der Waals surface area (Å²) in [7, 11) is 0. The van der Waals surface area contributed by atoms with Crippen LogP contribution < -0.4 is 5.73 Å². The number of hydrogen-bond donors (Lipinski definition) is 1. The van der Waals surface area contributed by atoms with Crippen LogP contribution in [0.5, 0.6) is 0 Å². The van der Waals surface area contributed by atoms with Gasteiger partial charge in [-0.1, -0.05) is 12.1 Å². The number of benzene rings is 1. The molecule has 0 radical (unpaired) electrons. The van der Waals surface area contributed by atoms with Crippen molar-refractivity contribution in [2.75, 3.05) is 18.8 Å². The number of hydrogen-bond acceptors (Lipinski definition) is 5. The molecule has 0 amide bonds. The van der Waals surface area contributed by atoms with Crippen LogP contribution >= 0.6 is 0 Å². The summed E-state index contributed by atoms with van der Waals surface area (Å²) in [5.74, 6) is 0.490. The molecule has 21 heavy (non-hydrogen) atoms. The van der Waals surface area contributed by atoms with Gasteiger partial charge in [0.25, 0.3) is 0 Å². The third-order valence-corrected chi connectivity index (χ3v) is 3.45. The summed E-state index contributed by atoms with van der Waals surface area (Å²) in [4.78, 5) is 16.8. The largest absolute Gasteiger partial charge is 0.528 e. The molecule has 116 valence electrons. The van der Waals surface area contributed by atoms with Crippen LogP contribution in [0.3, 0.4) is 0 Å². The normalized spacial score (nSPS) is 17.5. The molecule has 5 heteroatoms. The fourth-order valence-corrected chi connectivity index (χ4v) is 2.42. The third-order valence-electron chi connectivity index (χ3n) is 3.45. The Balaban J connectivity index is 1.80. The lowest BCUT2D eigenvalue weighted by molar-refractivity contribution is -0.152. The summed E-state index contributed by atoms with van der Waals surface area (Å²) in [6.45, 7) is 6.90. The highest BCUT2D eigenvalue weighted by Crippen LogP contribution is 2.28. The second kappa shape index (κ2) is 6.35. The third kappa shape index (κ3) is 4.93. The molecule has 0 spiro atoms. The van der Waals surface area contributed by atoms with Crippen LogP contribution in [0.2, 0.25) is 0 Å². The van der Waals surface area contributed by atoms with Gasteiger partial charge in [0.15, 0.2) is 0 Å². The number of nitrogen functional groups attached to an aromatic ring is 1. The topological polar surface area (TPSA) is 64.8 Å². The number of piperidine rings is 1. The van der Waals surface area contributed by atoms with E-state index in [2.05, 4.69) is 12.1 Å². The Morgan fingerprint density at radius 2 is 1.76 bits per heavy atom. The number of hydroxylamine groups is 2. The molecule has 1 fully saturated rings. The molecule has 1 aliphatic heterocycles. The second-order valence-corrected chi connectivity index (χ2v) is 6.43. The summed E-state index contributed by atoms with van der Waals surface area (Å²) in [5, 5.41) is 1.68. The van der Waals surface area contributed by atoms with Gasteiger partial charge in [-0.3, -0.25) is 0 Å². The van der Waals surface area contributed by atoms with E-state index in [1.54, 1.807) is 5.06 Å². The van der Waals surface area contributed by atoms with Gasteiger partial charge in [0.1, 0.15) is 5.60 Å². The SMILES string of the molecule is CC(C)(C)OC(=O)ON1CCC(c2ccc(N)cc2)CC1. The predicted octanol–water partition coefficient (Wildman–Crippen LogP) is 3.31. The van der Waals surface area contributed by atoms with E-state index in [0.29, 0.717) is 19.0 Å². The van der Waals surface area contributed by atoms with Crippen molar-refractivity contribution >= 4 is 11.8 Å². The van der Waals surface area contributed by atoms with E-state index in [9.17, 15) is 4.79 Å². The number of nitrogens with zero attached hydrogens (tertiary/aromatic N) is 1. The zero-order valence-electron chi connectivity index (χ0n) is 13.0. The minimum absolute atomic E-state index is 0.490. The first-order chi connectivity index (χ1) is 9.83. The van der Waals surface area contributed by atoms with E-state index in [4.69, 9.17) is 15.3 Å². The fourth-order valence-electron chi connectivity index (χ4n) is 2.42. The maximum absolute atomic E-state index is 11.6. The van der Waals surface area contributed by atoms with Gasteiger partial charge < -0.3 is 15.3 Å². The van der Waals surface area contributed by atoms with Crippen LogP contribution in [0.25, 0.3) is 0 Å². The number of nitrogens with two attached hydrogens (primary N) is 1. The van der Waals surface area contributed by atoms with Crippen molar-refractivity contribution in [1.29, 1.82) is 0 Å². The lowest BCUT2D eigenvalue weighted by Crippen LogP contribution is -2.37. The summed E-state index contributed by atoms with van der Waals surface area (Å²) < 4.78 is 5.15. The Morgan fingerprint density at radius 3 is 2.29 bits per heavy atom. The summed E-state index contributed by atoms with van der Waals surface area (Å²) in [6.07, 6.45) is 1.27. The summed E-state index contributed by atoms with van der Waals surface area (Å²) >= 11 is 0. The van der Waals surface area contributed by atoms with Crippen LogP contribution in [0.15, 0.2) is 24.3 Å². The van der Waals surface area contributed by atoms with Gasteiger partial charge in [-0.25, -0.2) is 4.79 Å². The van der Waals surface area contributed by atoms with Crippen molar-refractivity contribution in [3.8, 4) is 0 Å². The van der Waals surface area contributed by atoms with E-state index >= 15 is 0 Å². The zero-order chi connectivity index (χ0) is 15.5. The Labute approximate surface area is 126 Å². The van der Waals surface area contributed by atoms with Crippen molar-refractivity contribution in [3.05, 3.63) is 29.8 Å². The van der Waals surface area contributed by atoms with Crippen molar-refractivity contribution in [1.82, 2.24) is 5.06 Å². The average Bonchev–Trinajstić information content (AvgIpc) is 2.38. The highest BCUT2D eigenvalue weighted by atomic mass is 16.8. The maximum atomic E-state index is 11.6. The Kier molecular flexibility index (Phi) is 4.73. The van der Waals surface area contributed by atoms with Gasteiger partial charge in [-0.15, -0.1) is 5.06 Å². The van der Waals surface area contributed by atoms with E-state index in [1.807, 2.05) is 32.9 Å². The number of anilines is 1. The summed E-state index contributed by atoms with van der Waals surface area (Å²) in [6, 6.07) is 8.01. The lowest BCUT2D eigenvalue weighted by Gasteiger charge is -2.31. The molecule has 2 N–H and O–H groups in total. The molecule has 0 unspecified atom stereocenters. The predicted molar refractivity (Wildman–Crippen MR) is 81.7 cm³/mol. The van der Waals surface area contributed by atoms with Crippen LogP contribution in [-0.2, 0) is 9.57 Å². The Morgan fingerprint density at radius 1 is 1.19 bits per heavy atom. The van der Waals surface area contributed by atoms with Gasteiger partial charge in [-0.05, 0) is 57.2 Å². The first kappa shape index (κ1) is 15.6. The molecule has 1 aromatic carbocycles. The molecule has 0 aromatic heterocycles. The van der Waals surface area contributed by atoms with Crippen molar-refractivity contribution in [2.45, 2.75) is 45.1 Å². The maximum Gasteiger partial charge on any atom is 0.528 e. The molecule has 0 saturated carbocycles. The van der Waals surface area contributed by atoms with E-state index in [1.165, 1.54) is 5.56 Å². The van der Waals surface area contributed by atoms with Crippen molar-refractivity contribution in [3.63, 3.8) is 0 Å². The average molecular weight is 292 g/mol. The van der Waals surface area contributed by atoms with Crippen LogP contribution in [0.4, 0.5) is 10.5 Å². The van der Waals surface area contributed by atoms with Gasteiger partial charge in [-0.2, -0.15) is 0 Å². The Hall–Kier alpha value is -1.75. The standard InChI is InChI=1S/C16H24N2O3/c1-16(2,3)20-15(19)21-18-10-8-13(9-11-18)12-4-6-14(17)7-5-12/h4-7,13H,8-11,17H2,1-3H3. The van der Waals surface area contributed by atoms with Crippen molar-refractivity contribution in [2.24, 2.45) is 0 Å². The highest BCUT2D eigenvalue weighted by Gasteiger charge is 2.25. The molecule has 0 bridgehead atoms. The first-order valence-electron chi connectivity index (χ1n) is 7.35. The van der Waals surface area contributed by atoms with Crippen molar-refractivity contribution < 1.29 is 14.4 Å². The Bertz CT molecular complexity index is 471. The van der Waals surface area contributed by atoms with Gasteiger partial charge in [0.2, 0.25) is 0 Å². The number of carbonyl (C=O) groups is 1. The molecule has 0 atom stereocenters. The van der Waals surface area contributed by atoms with Gasteiger partial charge >= 0.3 is 6.16 Å².